The van der Waals surface area contributed by atoms with Crippen LogP contribution in [-0.4, -0.2) is 37.8 Å². The molecule has 208 valence electrons. The Bertz CT molecular complexity index is 1240. The predicted octanol–water partition coefficient (Wildman–Crippen LogP) is 6.31. The third-order valence-electron chi connectivity index (χ3n) is 11.4. The third kappa shape index (κ3) is 4.23. The Morgan fingerprint density at radius 2 is 1.82 bits per heavy atom. The summed E-state index contributed by atoms with van der Waals surface area (Å²) in [7, 11) is 0. The number of aliphatic hydroxyl groups is 1. The summed E-state index contributed by atoms with van der Waals surface area (Å²) in [5.41, 5.74) is 0.450. The van der Waals surface area contributed by atoms with Crippen LogP contribution >= 0.6 is 0 Å². The van der Waals surface area contributed by atoms with E-state index in [1.165, 1.54) is 29.3 Å². The van der Waals surface area contributed by atoms with E-state index in [0.29, 0.717) is 34.7 Å². The molecule has 4 saturated carbocycles. The number of aromatic nitrogens is 3. The van der Waals surface area contributed by atoms with E-state index in [-0.39, 0.29) is 34.8 Å². The van der Waals surface area contributed by atoms with Crippen molar-refractivity contribution in [2.45, 2.75) is 97.1 Å². The molecule has 0 amide bonds. The van der Waals surface area contributed by atoms with Gasteiger partial charge in [-0.05, 0) is 111 Å². The highest BCUT2D eigenvalue weighted by atomic mass is 19.4. The molecular formula is C29H38F3N3O3. The SMILES string of the molecule is CC12CC[C@@](C)(O)C[C@@H]1CC[C@@H]1[C@@H]2CC[C@]2(C)[C@@H](C(=O)Cn3nnc4ccc(OC(F)(F)F)cc43)CC[C@@H]12. The average molecular weight is 534 g/mol. The number of carbonyl (C=O) groups excluding carboxylic acids is 1. The molecule has 1 heterocycles. The van der Waals surface area contributed by atoms with Gasteiger partial charge < -0.3 is 9.84 Å². The number of rotatable bonds is 4. The van der Waals surface area contributed by atoms with Gasteiger partial charge in [0.2, 0.25) is 0 Å². The highest BCUT2D eigenvalue weighted by Crippen LogP contribution is 2.68. The van der Waals surface area contributed by atoms with Crippen molar-refractivity contribution < 1.29 is 27.8 Å². The van der Waals surface area contributed by atoms with E-state index in [9.17, 15) is 23.1 Å². The summed E-state index contributed by atoms with van der Waals surface area (Å²) in [5.74, 6) is 2.01. The lowest BCUT2D eigenvalue weighted by atomic mass is 9.44. The zero-order valence-corrected chi connectivity index (χ0v) is 22.4. The highest BCUT2D eigenvalue weighted by Gasteiger charge is 2.61. The number of ether oxygens (including phenoxy) is 1. The summed E-state index contributed by atoms with van der Waals surface area (Å²) in [6, 6.07) is 3.89. The van der Waals surface area contributed by atoms with Gasteiger partial charge in [-0.2, -0.15) is 0 Å². The van der Waals surface area contributed by atoms with Gasteiger partial charge >= 0.3 is 6.36 Å². The van der Waals surface area contributed by atoms with E-state index in [0.717, 1.165) is 51.4 Å². The minimum absolute atomic E-state index is 0.00190. The molecule has 0 radical (unpaired) electrons. The fourth-order valence-corrected chi connectivity index (χ4v) is 9.48. The molecule has 4 aliphatic rings. The van der Waals surface area contributed by atoms with Crippen molar-refractivity contribution in [3.05, 3.63) is 18.2 Å². The summed E-state index contributed by atoms with van der Waals surface area (Å²) in [4.78, 5) is 13.7. The molecule has 0 aliphatic heterocycles. The van der Waals surface area contributed by atoms with E-state index in [2.05, 4.69) is 28.9 Å². The molecule has 1 aromatic heterocycles. The zero-order chi connectivity index (χ0) is 27.1. The molecule has 1 unspecified atom stereocenters. The number of carbonyl (C=O) groups is 1. The lowest BCUT2D eigenvalue weighted by Crippen LogP contribution is -2.55. The van der Waals surface area contributed by atoms with Crippen molar-refractivity contribution in [2.24, 2.45) is 40.4 Å². The Balaban J connectivity index is 1.20. The van der Waals surface area contributed by atoms with Crippen molar-refractivity contribution in [1.29, 1.82) is 0 Å². The van der Waals surface area contributed by atoms with Crippen molar-refractivity contribution >= 4 is 16.8 Å². The van der Waals surface area contributed by atoms with Gasteiger partial charge in [-0.3, -0.25) is 4.79 Å². The summed E-state index contributed by atoms with van der Waals surface area (Å²) in [5, 5.41) is 18.9. The predicted molar refractivity (Wildman–Crippen MR) is 135 cm³/mol. The van der Waals surface area contributed by atoms with E-state index in [1.807, 2.05) is 6.92 Å². The van der Waals surface area contributed by atoms with Crippen molar-refractivity contribution in [2.75, 3.05) is 0 Å². The Kier molecular flexibility index (Phi) is 5.95. The van der Waals surface area contributed by atoms with E-state index in [1.54, 1.807) is 0 Å². The summed E-state index contributed by atoms with van der Waals surface area (Å²) in [6.45, 7) is 6.77. The molecule has 9 heteroatoms. The lowest BCUT2D eigenvalue weighted by Gasteiger charge is -2.61. The normalized spacial score (nSPS) is 40.9. The van der Waals surface area contributed by atoms with Crippen LogP contribution in [0.15, 0.2) is 18.2 Å². The number of hydrogen-bond acceptors (Lipinski definition) is 5. The maximum Gasteiger partial charge on any atom is 0.573 e. The van der Waals surface area contributed by atoms with E-state index >= 15 is 0 Å². The molecular weight excluding hydrogens is 495 g/mol. The average Bonchev–Trinajstić information content (AvgIpc) is 3.38. The Morgan fingerprint density at radius 1 is 1.05 bits per heavy atom. The van der Waals surface area contributed by atoms with Gasteiger partial charge in [0.05, 0.1) is 11.1 Å². The summed E-state index contributed by atoms with van der Waals surface area (Å²) < 4.78 is 43.7. The smallest absolute Gasteiger partial charge is 0.406 e. The molecule has 6 nitrogen and oxygen atoms in total. The maximum absolute atomic E-state index is 13.7. The van der Waals surface area contributed by atoms with Gasteiger partial charge in [-0.15, -0.1) is 18.3 Å². The van der Waals surface area contributed by atoms with Crippen LogP contribution in [0, 0.1) is 40.4 Å². The summed E-state index contributed by atoms with van der Waals surface area (Å²) >= 11 is 0. The molecule has 1 N–H and O–H groups in total. The minimum Gasteiger partial charge on any atom is -0.406 e. The van der Waals surface area contributed by atoms with Crippen molar-refractivity contribution in [1.82, 2.24) is 15.0 Å². The zero-order valence-electron chi connectivity index (χ0n) is 22.4. The number of hydrogen-bond donors (Lipinski definition) is 1. The first-order valence-corrected chi connectivity index (χ1v) is 14.1. The molecule has 2 aromatic rings. The van der Waals surface area contributed by atoms with E-state index < -0.39 is 12.0 Å². The molecule has 1 aromatic carbocycles. The second-order valence-electron chi connectivity index (χ2n) is 13.4. The van der Waals surface area contributed by atoms with Crippen LogP contribution in [-0.2, 0) is 11.3 Å². The molecule has 0 spiro atoms. The molecule has 38 heavy (non-hydrogen) atoms. The molecule has 4 fully saturated rings. The molecule has 4 aliphatic carbocycles. The van der Waals surface area contributed by atoms with Crippen LogP contribution in [0.2, 0.25) is 0 Å². The number of halogens is 3. The second kappa shape index (κ2) is 8.67. The summed E-state index contributed by atoms with van der Waals surface area (Å²) in [6.07, 6.45) is 4.45. The van der Waals surface area contributed by atoms with Crippen molar-refractivity contribution in [3.63, 3.8) is 0 Å². The maximum atomic E-state index is 13.7. The van der Waals surface area contributed by atoms with Crippen LogP contribution in [0.3, 0.4) is 0 Å². The van der Waals surface area contributed by atoms with Gasteiger partial charge in [0.1, 0.15) is 17.8 Å². The standard InChI is InChI=1S/C29H38F3N3O3/c1-26(37)12-13-27(2)17(15-26)4-6-19-20-7-8-22(28(20,3)11-10-21(19)27)25(36)16-35-24-14-18(38-29(30,31)32)5-9-23(24)33-34-35/h5,9,14,17,19-22,37H,4,6-8,10-13,15-16H2,1-3H3/t17-,19-,20-,21-,22+,26+,27?,28-/m0/s1. The minimum atomic E-state index is -4.79. The monoisotopic (exact) mass is 533 g/mol. The first-order valence-electron chi connectivity index (χ1n) is 14.1. The fraction of sp³-hybridized carbons (Fsp3) is 0.759. The second-order valence-corrected chi connectivity index (χ2v) is 13.4. The number of alkyl halides is 3. The molecule has 8 atom stereocenters. The first kappa shape index (κ1) is 26.1. The molecule has 6 rings (SSSR count). The fourth-order valence-electron chi connectivity index (χ4n) is 9.48. The number of nitrogens with zero attached hydrogens (tertiary/aromatic N) is 3. The highest BCUT2D eigenvalue weighted by molar-refractivity contribution is 5.84. The van der Waals surface area contributed by atoms with Gasteiger partial charge in [-0.25, -0.2) is 4.68 Å². The number of benzene rings is 1. The molecule has 0 bridgehead atoms. The molecule has 0 saturated heterocycles. The van der Waals surface area contributed by atoms with Crippen LogP contribution in [0.4, 0.5) is 13.2 Å². The van der Waals surface area contributed by atoms with Crippen LogP contribution in [0.5, 0.6) is 5.75 Å². The van der Waals surface area contributed by atoms with Gasteiger partial charge in [0.25, 0.3) is 0 Å². The first-order chi connectivity index (χ1) is 17.8. The number of fused-ring (bicyclic) bond motifs is 6. The Labute approximate surface area is 221 Å². The largest absolute Gasteiger partial charge is 0.573 e. The topological polar surface area (TPSA) is 77.2 Å². The van der Waals surface area contributed by atoms with Gasteiger partial charge in [0.15, 0.2) is 5.78 Å². The Morgan fingerprint density at radius 3 is 2.58 bits per heavy atom. The van der Waals surface area contributed by atoms with Gasteiger partial charge in [0, 0.05) is 12.0 Å². The lowest BCUT2D eigenvalue weighted by molar-refractivity contribution is -0.274. The van der Waals surface area contributed by atoms with Crippen LogP contribution in [0.1, 0.15) is 78.6 Å². The van der Waals surface area contributed by atoms with Crippen LogP contribution < -0.4 is 4.74 Å². The number of ketones is 1. The van der Waals surface area contributed by atoms with Crippen LogP contribution in [0.25, 0.3) is 11.0 Å². The third-order valence-corrected chi connectivity index (χ3v) is 11.4. The number of Topliss-reactive ketones (excluding diaryl/α,β-unsaturated/α-hetero) is 1. The van der Waals surface area contributed by atoms with Crippen molar-refractivity contribution in [3.8, 4) is 5.75 Å². The quantitative estimate of drug-likeness (QED) is 0.499. The van der Waals surface area contributed by atoms with E-state index in [4.69, 9.17) is 0 Å². The Hall–Kier alpha value is -2.16. The van der Waals surface area contributed by atoms with Gasteiger partial charge in [-0.1, -0.05) is 19.1 Å².